The number of rotatable bonds is 7. The Hall–Kier alpha value is -1.23. The first-order valence-electron chi connectivity index (χ1n) is 8.29. The van der Waals surface area contributed by atoms with Crippen molar-refractivity contribution in [3.8, 4) is 0 Å². The highest BCUT2D eigenvalue weighted by atomic mass is 16.1. The molecule has 0 unspecified atom stereocenters. The molecule has 122 valence electrons. The number of nitrogens with zero attached hydrogens (tertiary/aromatic N) is 2. The van der Waals surface area contributed by atoms with Crippen molar-refractivity contribution < 1.29 is 4.79 Å². The molecule has 0 aromatic heterocycles. The van der Waals surface area contributed by atoms with Gasteiger partial charge in [-0.15, -0.1) is 0 Å². The monoisotopic (exact) mass is 303 g/mol. The highest BCUT2D eigenvalue weighted by molar-refractivity contribution is 5.96. The van der Waals surface area contributed by atoms with Crippen LogP contribution >= 0.6 is 0 Å². The number of likely N-dealkylation sites (tertiary alicyclic amines) is 1. The van der Waals surface area contributed by atoms with Crippen molar-refractivity contribution in [1.82, 2.24) is 9.80 Å². The fourth-order valence-corrected chi connectivity index (χ4v) is 2.87. The van der Waals surface area contributed by atoms with Crippen molar-refractivity contribution >= 4 is 5.78 Å². The van der Waals surface area contributed by atoms with Crippen LogP contribution in [-0.2, 0) is 6.54 Å². The van der Waals surface area contributed by atoms with Gasteiger partial charge in [0.15, 0.2) is 5.78 Å². The third-order valence-corrected chi connectivity index (χ3v) is 4.32. The van der Waals surface area contributed by atoms with Crippen LogP contribution in [0.4, 0.5) is 0 Å². The van der Waals surface area contributed by atoms with Gasteiger partial charge in [-0.25, -0.2) is 0 Å². The first kappa shape index (κ1) is 17.1. The minimum Gasteiger partial charge on any atom is -0.328 e. The average molecular weight is 303 g/mol. The molecule has 0 bridgehead atoms. The average Bonchev–Trinajstić information content (AvgIpc) is 2.50. The van der Waals surface area contributed by atoms with E-state index in [1.807, 2.05) is 26.2 Å². The smallest absolute Gasteiger partial charge is 0.162 e. The standard InChI is InChI=1S/C18H29N3O/c1-20(2)11-3-4-18(22)16-7-5-15(6-8-16)14-21-12-9-17(19)10-13-21/h5-8,17H,3-4,9-14,19H2,1-2H3. The Morgan fingerprint density at radius 2 is 1.86 bits per heavy atom. The van der Waals surface area contributed by atoms with E-state index in [2.05, 4.69) is 21.9 Å². The molecule has 2 rings (SSSR count). The molecule has 1 aliphatic rings. The molecule has 22 heavy (non-hydrogen) atoms. The number of ketones is 1. The first-order chi connectivity index (χ1) is 10.5. The molecular weight excluding hydrogens is 274 g/mol. The molecule has 1 saturated heterocycles. The molecular formula is C18H29N3O. The van der Waals surface area contributed by atoms with Crippen LogP contribution < -0.4 is 5.73 Å². The number of hydrogen-bond acceptors (Lipinski definition) is 4. The zero-order chi connectivity index (χ0) is 15.9. The minimum absolute atomic E-state index is 0.248. The van der Waals surface area contributed by atoms with E-state index >= 15 is 0 Å². The molecule has 1 fully saturated rings. The molecule has 0 atom stereocenters. The SMILES string of the molecule is CN(C)CCCC(=O)c1ccc(CN2CCC(N)CC2)cc1. The summed E-state index contributed by atoms with van der Waals surface area (Å²) in [4.78, 5) is 16.7. The molecule has 0 spiro atoms. The van der Waals surface area contributed by atoms with Gasteiger partial charge in [0.2, 0.25) is 0 Å². The third kappa shape index (κ3) is 5.52. The van der Waals surface area contributed by atoms with Crippen LogP contribution in [-0.4, -0.2) is 55.4 Å². The van der Waals surface area contributed by atoms with Gasteiger partial charge in [0.25, 0.3) is 0 Å². The van der Waals surface area contributed by atoms with E-state index in [9.17, 15) is 4.79 Å². The van der Waals surface area contributed by atoms with Crippen molar-refractivity contribution in [3.05, 3.63) is 35.4 Å². The Morgan fingerprint density at radius 1 is 1.23 bits per heavy atom. The Labute approximate surface area is 134 Å². The summed E-state index contributed by atoms with van der Waals surface area (Å²) in [6.07, 6.45) is 3.72. The van der Waals surface area contributed by atoms with Crippen LogP contribution in [0.5, 0.6) is 0 Å². The zero-order valence-corrected chi connectivity index (χ0v) is 13.9. The van der Waals surface area contributed by atoms with E-state index in [1.54, 1.807) is 0 Å². The van der Waals surface area contributed by atoms with Crippen LogP contribution in [0.2, 0.25) is 0 Å². The highest BCUT2D eigenvalue weighted by Gasteiger charge is 2.16. The van der Waals surface area contributed by atoms with E-state index in [0.717, 1.165) is 51.0 Å². The Balaban J connectivity index is 1.80. The van der Waals surface area contributed by atoms with Crippen molar-refractivity contribution in [2.75, 3.05) is 33.7 Å². The molecule has 1 aromatic rings. The fraction of sp³-hybridized carbons (Fsp3) is 0.611. The predicted octanol–water partition coefficient (Wildman–Crippen LogP) is 2.13. The Bertz CT molecular complexity index is 462. The summed E-state index contributed by atoms with van der Waals surface area (Å²) < 4.78 is 0. The lowest BCUT2D eigenvalue weighted by Crippen LogP contribution is -2.39. The van der Waals surface area contributed by atoms with Crippen LogP contribution in [0, 0.1) is 0 Å². The van der Waals surface area contributed by atoms with E-state index in [-0.39, 0.29) is 5.78 Å². The molecule has 0 radical (unpaired) electrons. The van der Waals surface area contributed by atoms with E-state index in [0.29, 0.717) is 12.5 Å². The van der Waals surface area contributed by atoms with Crippen LogP contribution in [0.25, 0.3) is 0 Å². The molecule has 0 aliphatic carbocycles. The fourth-order valence-electron chi connectivity index (χ4n) is 2.87. The highest BCUT2D eigenvalue weighted by Crippen LogP contribution is 2.14. The quantitative estimate of drug-likeness (QED) is 0.784. The number of piperidine rings is 1. The third-order valence-electron chi connectivity index (χ3n) is 4.32. The number of benzene rings is 1. The number of hydrogen-bond donors (Lipinski definition) is 1. The Kier molecular flexibility index (Phi) is 6.55. The van der Waals surface area contributed by atoms with Gasteiger partial charge in [0, 0.05) is 24.6 Å². The second-order valence-electron chi connectivity index (χ2n) is 6.64. The molecule has 4 heteroatoms. The van der Waals surface area contributed by atoms with Gasteiger partial charge < -0.3 is 10.6 Å². The van der Waals surface area contributed by atoms with Crippen LogP contribution in [0.15, 0.2) is 24.3 Å². The van der Waals surface area contributed by atoms with Gasteiger partial charge in [-0.2, -0.15) is 0 Å². The number of carbonyl (C=O) groups excluding carboxylic acids is 1. The van der Waals surface area contributed by atoms with Crippen molar-refractivity contribution in [3.63, 3.8) is 0 Å². The maximum atomic E-state index is 12.1. The normalized spacial score (nSPS) is 17.1. The maximum Gasteiger partial charge on any atom is 0.162 e. The first-order valence-corrected chi connectivity index (χ1v) is 8.29. The van der Waals surface area contributed by atoms with E-state index in [4.69, 9.17) is 5.73 Å². The topological polar surface area (TPSA) is 49.6 Å². The lowest BCUT2D eigenvalue weighted by molar-refractivity contribution is 0.0977. The summed E-state index contributed by atoms with van der Waals surface area (Å²) in [7, 11) is 4.07. The second kappa shape index (κ2) is 8.42. The van der Waals surface area contributed by atoms with E-state index in [1.165, 1.54) is 5.56 Å². The number of Topliss-reactive ketones (excluding diaryl/α,β-unsaturated/α-hetero) is 1. The number of carbonyl (C=O) groups is 1. The van der Waals surface area contributed by atoms with Crippen molar-refractivity contribution in [2.45, 2.75) is 38.3 Å². The molecule has 2 N–H and O–H groups in total. The van der Waals surface area contributed by atoms with Gasteiger partial charge in [0.05, 0.1) is 0 Å². The summed E-state index contributed by atoms with van der Waals surface area (Å²) >= 11 is 0. The largest absolute Gasteiger partial charge is 0.328 e. The summed E-state index contributed by atoms with van der Waals surface area (Å²) in [5.41, 5.74) is 8.05. The van der Waals surface area contributed by atoms with Crippen LogP contribution in [0.3, 0.4) is 0 Å². The summed E-state index contributed by atoms with van der Waals surface area (Å²) in [5, 5.41) is 0. The summed E-state index contributed by atoms with van der Waals surface area (Å²) in [6, 6.07) is 8.51. The molecule has 0 saturated carbocycles. The van der Waals surface area contributed by atoms with Gasteiger partial charge >= 0.3 is 0 Å². The molecule has 4 nitrogen and oxygen atoms in total. The predicted molar refractivity (Wildman–Crippen MR) is 91.0 cm³/mol. The lowest BCUT2D eigenvalue weighted by atomic mass is 10.0. The lowest BCUT2D eigenvalue weighted by Gasteiger charge is -2.30. The van der Waals surface area contributed by atoms with Gasteiger partial charge in [0.1, 0.15) is 0 Å². The Morgan fingerprint density at radius 3 is 2.45 bits per heavy atom. The summed E-state index contributed by atoms with van der Waals surface area (Å²) in [6.45, 7) is 4.07. The molecule has 1 heterocycles. The molecule has 1 aliphatic heterocycles. The minimum atomic E-state index is 0.248. The molecule has 0 amide bonds. The van der Waals surface area contributed by atoms with Crippen molar-refractivity contribution in [2.24, 2.45) is 5.73 Å². The van der Waals surface area contributed by atoms with Gasteiger partial charge in [-0.05, 0) is 58.6 Å². The maximum absolute atomic E-state index is 12.1. The van der Waals surface area contributed by atoms with E-state index < -0.39 is 0 Å². The summed E-state index contributed by atoms with van der Waals surface area (Å²) in [5.74, 6) is 0.248. The van der Waals surface area contributed by atoms with Crippen molar-refractivity contribution in [1.29, 1.82) is 0 Å². The van der Waals surface area contributed by atoms with Gasteiger partial charge in [-0.3, -0.25) is 9.69 Å². The molecule has 1 aromatic carbocycles. The zero-order valence-electron chi connectivity index (χ0n) is 13.9. The second-order valence-corrected chi connectivity index (χ2v) is 6.64. The van der Waals surface area contributed by atoms with Crippen LogP contribution in [0.1, 0.15) is 41.6 Å². The number of nitrogens with two attached hydrogens (primary N) is 1. The van der Waals surface area contributed by atoms with Gasteiger partial charge in [-0.1, -0.05) is 24.3 Å².